The third-order valence-corrected chi connectivity index (χ3v) is 8.18. The molecule has 0 saturated heterocycles. The van der Waals surface area contributed by atoms with Gasteiger partial charge in [-0.15, -0.1) is 0 Å². The molecule has 2 saturated carbocycles. The van der Waals surface area contributed by atoms with Crippen molar-refractivity contribution in [2.45, 2.75) is 75.7 Å². The molecule has 33 heavy (non-hydrogen) atoms. The minimum absolute atomic E-state index is 0.0615. The van der Waals surface area contributed by atoms with Crippen LogP contribution in [0.1, 0.15) is 75.8 Å². The first kappa shape index (κ1) is 22.1. The number of esters is 1. The SMILES string of the molecule is COc1ccc2c(c1)O[C@]1(c3ccc(OC)cc3OC(C)=O)CCCC[C@H]1C21CCCCC1. The molecule has 2 atom stereocenters. The van der Waals surface area contributed by atoms with Crippen LogP contribution in [0.25, 0.3) is 0 Å². The largest absolute Gasteiger partial charge is 0.497 e. The van der Waals surface area contributed by atoms with Gasteiger partial charge in [0.1, 0.15) is 28.6 Å². The van der Waals surface area contributed by atoms with Gasteiger partial charge in [0.05, 0.1) is 14.2 Å². The van der Waals surface area contributed by atoms with Gasteiger partial charge in [-0.25, -0.2) is 0 Å². The predicted molar refractivity (Wildman–Crippen MR) is 126 cm³/mol. The lowest BCUT2D eigenvalue weighted by Gasteiger charge is -2.58. The second kappa shape index (κ2) is 8.58. The number of hydrogen-bond donors (Lipinski definition) is 0. The van der Waals surface area contributed by atoms with Crippen molar-refractivity contribution in [2.24, 2.45) is 5.92 Å². The Morgan fingerprint density at radius 2 is 1.55 bits per heavy atom. The molecule has 1 aliphatic heterocycles. The van der Waals surface area contributed by atoms with E-state index < -0.39 is 5.60 Å². The molecule has 5 heteroatoms. The summed E-state index contributed by atoms with van der Waals surface area (Å²) in [6.45, 7) is 1.45. The molecule has 0 unspecified atom stereocenters. The van der Waals surface area contributed by atoms with E-state index >= 15 is 0 Å². The van der Waals surface area contributed by atoms with Gasteiger partial charge in [0.2, 0.25) is 0 Å². The number of methoxy groups -OCH3 is 2. The molecule has 2 aromatic rings. The van der Waals surface area contributed by atoms with E-state index in [0.29, 0.717) is 17.4 Å². The summed E-state index contributed by atoms with van der Waals surface area (Å²) >= 11 is 0. The van der Waals surface area contributed by atoms with Crippen molar-refractivity contribution in [1.29, 1.82) is 0 Å². The van der Waals surface area contributed by atoms with Crippen LogP contribution in [0.4, 0.5) is 0 Å². The van der Waals surface area contributed by atoms with E-state index in [2.05, 4.69) is 18.2 Å². The quantitative estimate of drug-likeness (QED) is 0.404. The summed E-state index contributed by atoms with van der Waals surface area (Å²) in [4.78, 5) is 12.1. The minimum atomic E-state index is -0.550. The van der Waals surface area contributed by atoms with Gasteiger partial charge >= 0.3 is 5.97 Å². The standard InChI is InChI=1S/C28H34O5/c1-19(29)32-24-17-20(30-2)11-13-23(24)28-16-8-5-9-26(28)27(14-6-4-7-15-27)22-12-10-21(31-3)18-25(22)33-28/h10-13,17-18,26H,4-9,14-16H2,1-3H3/t26-,28-/m0/s1. The van der Waals surface area contributed by atoms with Crippen LogP contribution in [0.5, 0.6) is 23.0 Å². The summed E-state index contributed by atoms with van der Waals surface area (Å²) in [7, 11) is 3.33. The Morgan fingerprint density at radius 1 is 0.879 bits per heavy atom. The van der Waals surface area contributed by atoms with Crippen LogP contribution < -0.4 is 18.9 Å². The van der Waals surface area contributed by atoms with E-state index in [9.17, 15) is 4.79 Å². The van der Waals surface area contributed by atoms with Gasteiger partial charge in [0.25, 0.3) is 0 Å². The molecule has 0 bridgehead atoms. The highest BCUT2D eigenvalue weighted by Gasteiger charge is 2.59. The monoisotopic (exact) mass is 450 g/mol. The third-order valence-electron chi connectivity index (χ3n) is 8.18. The van der Waals surface area contributed by atoms with Crippen LogP contribution in [0, 0.1) is 5.92 Å². The smallest absolute Gasteiger partial charge is 0.308 e. The van der Waals surface area contributed by atoms with Crippen LogP contribution >= 0.6 is 0 Å². The number of rotatable bonds is 4. The first-order valence-electron chi connectivity index (χ1n) is 12.3. The average Bonchev–Trinajstić information content (AvgIpc) is 2.84. The van der Waals surface area contributed by atoms with E-state index in [1.165, 1.54) is 51.0 Å². The summed E-state index contributed by atoms with van der Waals surface area (Å²) in [5.41, 5.74) is 1.80. The Balaban J connectivity index is 1.74. The lowest BCUT2D eigenvalue weighted by molar-refractivity contribution is -0.132. The highest BCUT2D eigenvalue weighted by molar-refractivity contribution is 5.70. The lowest BCUT2D eigenvalue weighted by atomic mass is 9.51. The van der Waals surface area contributed by atoms with Gasteiger partial charge in [-0.2, -0.15) is 0 Å². The minimum Gasteiger partial charge on any atom is -0.497 e. The molecule has 2 aliphatic carbocycles. The maximum absolute atomic E-state index is 12.1. The molecule has 0 N–H and O–H groups in total. The van der Waals surface area contributed by atoms with E-state index in [1.807, 2.05) is 18.2 Å². The van der Waals surface area contributed by atoms with Crippen LogP contribution in [0.3, 0.4) is 0 Å². The zero-order valence-electron chi connectivity index (χ0n) is 19.9. The molecule has 176 valence electrons. The highest BCUT2D eigenvalue weighted by Crippen LogP contribution is 2.64. The van der Waals surface area contributed by atoms with Crippen LogP contribution in [0.15, 0.2) is 36.4 Å². The van der Waals surface area contributed by atoms with Gasteiger partial charge in [-0.3, -0.25) is 4.79 Å². The molecule has 3 aliphatic rings. The van der Waals surface area contributed by atoms with Crippen LogP contribution in [0.2, 0.25) is 0 Å². The average molecular weight is 451 g/mol. The number of benzene rings is 2. The molecular weight excluding hydrogens is 416 g/mol. The maximum Gasteiger partial charge on any atom is 0.308 e. The third kappa shape index (κ3) is 3.56. The molecule has 1 heterocycles. The Labute approximate surface area is 196 Å². The fourth-order valence-electron chi connectivity index (χ4n) is 6.89. The zero-order valence-corrected chi connectivity index (χ0v) is 19.9. The first-order chi connectivity index (χ1) is 16.0. The summed E-state index contributed by atoms with van der Waals surface area (Å²) in [5.74, 6) is 2.93. The molecule has 5 nitrogen and oxygen atoms in total. The lowest BCUT2D eigenvalue weighted by Crippen LogP contribution is -2.57. The van der Waals surface area contributed by atoms with Crippen molar-refractivity contribution in [3.8, 4) is 23.0 Å². The van der Waals surface area contributed by atoms with Gasteiger partial charge in [0.15, 0.2) is 0 Å². The molecular formula is C28H34O5. The van der Waals surface area contributed by atoms with Crippen molar-refractivity contribution in [1.82, 2.24) is 0 Å². The molecule has 0 aromatic heterocycles. The van der Waals surface area contributed by atoms with E-state index in [1.54, 1.807) is 14.2 Å². The van der Waals surface area contributed by atoms with E-state index in [-0.39, 0.29) is 11.4 Å². The molecule has 0 radical (unpaired) electrons. The van der Waals surface area contributed by atoms with Gasteiger partial charge in [0, 0.05) is 41.5 Å². The summed E-state index contributed by atoms with van der Waals surface area (Å²) in [5, 5.41) is 0. The molecule has 2 aromatic carbocycles. The van der Waals surface area contributed by atoms with E-state index in [4.69, 9.17) is 18.9 Å². The van der Waals surface area contributed by atoms with Crippen molar-refractivity contribution in [3.05, 3.63) is 47.5 Å². The highest BCUT2D eigenvalue weighted by atomic mass is 16.5. The summed E-state index contributed by atoms with van der Waals surface area (Å²) < 4.78 is 23.9. The van der Waals surface area contributed by atoms with Gasteiger partial charge in [-0.05, 0) is 50.3 Å². The van der Waals surface area contributed by atoms with Crippen molar-refractivity contribution < 1.29 is 23.7 Å². The van der Waals surface area contributed by atoms with Crippen molar-refractivity contribution in [3.63, 3.8) is 0 Å². The Bertz CT molecular complexity index is 1040. The number of carbonyl (C=O) groups is 1. The zero-order chi connectivity index (χ0) is 23.1. The summed E-state index contributed by atoms with van der Waals surface area (Å²) in [6, 6.07) is 12.2. The molecule has 2 fully saturated rings. The second-order valence-electron chi connectivity index (χ2n) is 9.82. The normalized spacial score (nSPS) is 25.4. The first-order valence-corrected chi connectivity index (χ1v) is 12.3. The van der Waals surface area contributed by atoms with Gasteiger partial charge in [-0.1, -0.05) is 31.7 Å². The fourth-order valence-corrected chi connectivity index (χ4v) is 6.89. The van der Waals surface area contributed by atoms with Crippen molar-refractivity contribution in [2.75, 3.05) is 14.2 Å². The van der Waals surface area contributed by atoms with Crippen molar-refractivity contribution >= 4 is 5.97 Å². The van der Waals surface area contributed by atoms with Crippen LogP contribution in [-0.2, 0) is 15.8 Å². The maximum atomic E-state index is 12.1. The number of carbonyl (C=O) groups excluding carboxylic acids is 1. The van der Waals surface area contributed by atoms with Gasteiger partial charge < -0.3 is 18.9 Å². The predicted octanol–water partition coefficient (Wildman–Crippen LogP) is 6.31. The Kier molecular flexibility index (Phi) is 5.75. The molecule has 0 amide bonds. The number of ether oxygens (including phenoxy) is 4. The second-order valence-corrected chi connectivity index (χ2v) is 9.82. The van der Waals surface area contributed by atoms with Crippen LogP contribution in [-0.4, -0.2) is 20.2 Å². The number of fused-ring (bicyclic) bond motifs is 4. The fraction of sp³-hybridized carbons (Fsp3) is 0.536. The topological polar surface area (TPSA) is 54.0 Å². The Morgan fingerprint density at radius 3 is 2.24 bits per heavy atom. The van der Waals surface area contributed by atoms with E-state index in [0.717, 1.165) is 36.3 Å². The summed E-state index contributed by atoms with van der Waals surface area (Å²) in [6.07, 6.45) is 10.4. The Hall–Kier alpha value is -2.69. The number of hydrogen-bond acceptors (Lipinski definition) is 5. The molecule has 5 rings (SSSR count). The molecule has 1 spiro atoms.